The Morgan fingerprint density at radius 1 is 1.04 bits per heavy atom. The lowest BCUT2D eigenvalue weighted by molar-refractivity contribution is 0.613. The van der Waals surface area contributed by atoms with Crippen molar-refractivity contribution in [2.75, 3.05) is 10.6 Å². The number of nitrogens with zero attached hydrogens (tertiary/aromatic N) is 3. The monoisotopic (exact) mass is 363 g/mol. The molecule has 1 aliphatic rings. The molecule has 4 rings (SSSR count). The first-order chi connectivity index (χ1) is 13.3. The number of nitrogens with one attached hydrogen (secondary N) is 2. The van der Waals surface area contributed by atoms with Gasteiger partial charge in [0.25, 0.3) is 0 Å². The van der Waals surface area contributed by atoms with Crippen LogP contribution < -0.4 is 10.6 Å². The van der Waals surface area contributed by atoms with Crippen LogP contribution >= 0.6 is 0 Å². The fraction of sp³-hybridized carbons (Fsp3) is 0.286. The predicted octanol–water partition coefficient (Wildman–Crippen LogP) is 4.64. The van der Waals surface area contributed by atoms with Gasteiger partial charge in [-0.25, -0.2) is 9.37 Å². The second-order valence-electron chi connectivity index (χ2n) is 6.77. The number of rotatable bonds is 6. The summed E-state index contributed by atoms with van der Waals surface area (Å²) in [5.41, 5.74) is 2.31. The second kappa shape index (κ2) is 8.12. The minimum absolute atomic E-state index is 0.226. The van der Waals surface area contributed by atoms with Gasteiger partial charge < -0.3 is 10.6 Å². The van der Waals surface area contributed by atoms with Gasteiger partial charge in [-0.3, -0.25) is 4.98 Å². The maximum Gasteiger partial charge on any atom is 0.225 e. The van der Waals surface area contributed by atoms with Crippen LogP contribution in [0.15, 0.2) is 54.9 Å². The van der Waals surface area contributed by atoms with Crippen molar-refractivity contribution in [2.45, 2.75) is 38.3 Å². The van der Waals surface area contributed by atoms with E-state index in [2.05, 4.69) is 25.6 Å². The quantitative estimate of drug-likeness (QED) is 0.668. The third-order valence-corrected chi connectivity index (χ3v) is 4.79. The molecule has 5 nitrogen and oxygen atoms in total. The van der Waals surface area contributed by atoms with Crippen molar-refractivity contribution in [3.63, 3.8) is 0 Å². The molecule has 2 heterocycles. The van der Waals surface area contributed by atoms with E-state index in [1.165, 1.54) is 18.9 Å². The molecule has 0 unspecified atom stereocenters. The Hall–Kier alpha value is -3.02. The molecule has 0 amide bonds. The Labute approximate surface area is 158 Å². The van der Waals surface area contributed by atoms with Gasteiger partial charge in [0.1, 0.15) is 11.6 Å². The molecule has 1 aromatic carbocycles. The SMILES string of the molecule is Fc1ccccc1CNc1cc(-c2cccnc2)nc(NC2CCCC2)n1. The average Bonchev–Trinajstić information content (AvgIpc) is 3.21. The minimum atomic E-state index is -0.226. The molecule has 2 N–H and O–H groups in total. The van der Waals surface area contributed by atoms with Crippen LogP contribution in [0.1, 0.15) is 31.2 Å². The van der Waals surface area contributed by atoms with E-state index >= 15 is 0 Å². The minimum Gasteiger partial charge on any atom is -0.366 e. The standard InChI is InChI=1S/C21H22FN5/c22-18-10-4-1-6-15(18)14-24-20-12-19(16-7-5-11-23-13-16)26-21(27-20)25-17-8-2-3-9-17/h1,4-7,10-13,17H,2-3,8-9,14H2,(H2,24,25,26,27). The normalized spacial score (nSPS) is 14.3. The van der Waals surface area contributed by atoms with Crippen LogP contribution in [0.5, 0.6) is 0 Å². The summed E-state index contributed by atoms with van der Waals surface area (Å²) in [5.74, 6) is 1.03. The molecule has 27 heavy (non-hydrogen) atoms. The smallest absolute Gasteiger partial charge is 0.225 e. The number of benzene rings is 1. The molecule has 0 aliphatic heterocycles. The Bertz CT molecular complexity index is 894. The topological polar surface area (TPSA) is 62.7 Å². The molecule has 0 bridgehead atoms. The molecule has 1 aliphatic carbocycles. The third-order valence-electron chi connectivity index (χ3n) is 4.79. The predicted molar refractivity (Wildman–Crippen MR) is 105 cm³/mol. The van der Waals surface area contributed by atoms with Crippen molar-refractivity contribution in [3.05, 3.63) is 66.2 Å². The van der Waals surface area contributed by atoms with Crippen LogP contribution in [-0.4, -0.2) is 21.0 Å². The maximum atomic E-state index is 13.9. The number of hydrogen-bond acceptors (Lipinski definition) is 5. The molecular weight excluding hydrogens is 341 g/mol. The molecule has 1 fully saturated rings. The van der Waals surface area contributed by atoms with Gasteiger partial charge in [-0.2, -0.15) is 4.98 Å². The number of halogens is 1. The summed E-state index contributed by atoms with van der Waals surface area (Å²) in [4.78, 5) is 13.4. The van der Waals surface area contributed by atoms with E-state index in [-0.39, 0.29) is 5.82 Å². The molecule has 0 atom stereocenters. The zero-order chi connectivity index (χ0) is 18.5. The highest BCUT2D eigenvalue weighted by atomic mass is 19.1. The molecule has 6 heteroatoms. The Balaban J connectivity index is 1.59. The highest BCUT2D eigenvalue weighted by molar-refractivity contribution is 5.63. The molecule has 1 saturated carbocycles. The lowest BCUT2D eigenvalue weighted by Gasteiger charge is -2.15. The zero-order valence-electron chi connectivity index (χ0n) is 15.0. The number of pyridine rings is 1. The fourth-order valence-corrected chi connectivity index (χ4v) is 3.34. The van der Waals surface area contributed by atoms with Crippen LogP contribution in [0.2, 0.25) is 0 Å². The first-order valence-electron chi connectivity index (χ1n) is 9.31. The van der Waals surface area contributed by atoms with E-state index in [9.17, 15) is 4.39 Å². The number of hydrogen-bond donors (Lipinski definition) is 2. The maximum absolute atomic E-state index is 13.9. The molecule has 3 aromatic rings. The summed E-state index contributed by atoms with van der Waals surface area (Å²) in [6.07, 6.45) is 8.26. The van der Waals surface area contributed by atoms with Crippen molar-refractivity contribution in [1.29, 1.82) is 0 Å². The van der Waals surface area contributed by atoms with E-state index in [0.29, 0.717) is 29.9 Å². The average molecular weight is 363 g/mol. The Kier molecular flexibility index (Phi) is 5.23. The van der Waals surface area contributed by atoms with Gasteiger partial charge in [0, 0.05) is 42.2 Å². The van der Waals surface area contributed by atoms with Gasteiger partial charge >= 0.3 is 0 Å². The van der Waals surface area contributed by atoms with E-state index in [1.54, 1.807) is 24.5 Å². The van der Waals surface area contributed by atoms with Gasteiger partial charge in [-0.15, -0.1) is 0 Å². The first-order valence-corrected chi connectivity index (χ1v) is 9.31. The second-order valence-corrected chi connectivity index (χ2v) is 6.77. The van der Waals surface area contributed by atoms with E-state index in [4.69, 9.17) is 0 Å². The van der Waals surface area contributed by atoms with Crippen molar-refractivity contribution >= 4 is 11.8 Å². The van der Waals surface area contributed by atoms with Crippen LogP contribution in [0.4, 0.5) is 16.2 Å². The summed E-state index contributed by atoms with van der Waals surface area (Å²) >= 11 is 0. The summed E-state index contributed by atoms with van der Waals surface area (Å²) in [5, 5.41) is 6.67. The van der Waals surface area contributed by atoms with Gasteiger partial charge in [0.05, 0.1) is 5.69 Å². The van der Waals surface area contributed by atoms with E-state index < -0.39 is 0 Å². The highest BCUT2D eigenvalue weighted by Crippen LogP contribution is 2.25. The first kappa shape index (κ1) is 17.4. The van der Waals surface area contributed by atoms with Crippen LogP contribution in [0, 0.1) is 5.82 Å². The summed E-state index contributed by atoms with van der Waals surface area (Å²) in [7, 11) is 0. The van der Waals surface area contributed by atoms with E-state index in [1.807, 2.05) is 24.3 Å². The van der Waals surface area contributed by atoms with Crippen molar-refractivity contribution in [3.8, 4) is 11.3 Å². The van der Waals surface area contributed by atoms with Crippen LogP contribution in [0.3, 0.4) is 0 Å². The van der Waals surface area contributed by atoms with Crippen molar-refractivity contribution in [2.24, 2.45) is 0 Å². The highest BCUT2D eigenvalue weighted by Gasteiger charge is 2.17. The van der Waals surface area contributed by atoms with Gasteiger partial charge in [0.15, 0.2) is 0 Å². The van der Waals surface area contributed by atoms with Crippen LogP contribution in [0.25, 0.3) is 11.3 Å². The Morgan fingerprint density at radius 2 is 1.89 bits per heavy atom. The molecule has 0 saturated heterocycles. The molecule has 138 valence electrons. The lowest BCUT2D eigenvalue weighted by Crippen LogP contribution is -2.17. The summed E-state index contributed by atoms with van der Waals surface area (Å²) in [6.45, 7) is 0.360. The Morgan fingerprint density at radius 3 is 2.67 bits per heavy atom. The zero-order valence-corrected chi connectivity index (χ0v) is 15.0. The van der Waals surface area contributed by atoms with Gasteiger partial charge in [-0.1, -0.05) is 31.0 Å². The number of anilines is 2. The van der Waals surface area contributed by atoms with Crippen molar-refractivity contribution in [1.82, 2.24) is 15.0 Å². The van der Waals surface area contributed by atoms with E-state index in [0.717, 1.165) is 24.1 Å². The number of aromatic nitrogens is 3. The molecule has 2 aromatic heterocycles. The largest absolute Gasteiger partial charge is 0.366 e. The van der Waals surface area contributed by atoms with Gasteiger partial charge in [0.2, 0.25) is 5.95 Å². The summed E-state index contributed by atoms with van der Waals surface area (Å²) < 4.78 is 13.9. The van der Waals surface area contributed by atoms with Crippen LogP contribution in [-0.2, 0) is 6.54 Å². The van der Waals surface area contributed by atoms with Gasteiger partial charge in [-0.05, 0) is 31.0 Å². The fourth-order valence-electron chi connectivity index (χ4n) is 3.34. The third kappa shape index (κ3) is 4.39. The summed E-state index contributed by atoms with van der Waals surface area (Å²) in [6, 6.07) is 12.9. The lowest BCUT2D eigenvalue weighted by atomic mass is 10.2. The molecule has 0 spiro atoms. The molecular formula is C21H22FN5. The molecule has 0 radical (unpaired) electrons. The van der Waals surface area contributed by atoms with Crippen molar-refractivity contribution < 1.29 is 4.39 Å².